The Bertz CT molecular complexity index is 600. The SMILES string of the molecule is CCCCn1nc(C)c(C(=O)O[C@@H](C)C(=O)NC(=O)NC)c1Cl. The number of rotatable bonds is 6. The zero-order chi connectivity index (χ0) is 17.6. The molecule has 1 heterocycles. The Morgan fingerprint density at radius 2 is 2.04 bits per heavy atom. The van der Waals surface area contributed by atoms with Crippen molar-refractivity contribution in [2.45, 2.75) is 46.3 Å². The molecule has 0 aliphatic carbocycles. The molecule has 2 N–H and O–H groups in total. The zero-order valence-corrected chi connectivity index (χ0v) is 14.4. The van der Waals surface area contributed by atoms with Crippen LogP contribution in [-0.4, -0.2) is 40.8 Å². The Morgan fingerprint density at radius 1 is 1.39 bits per heavy atom. The molecule has 0 bridgehead atoms. The van der Waals surface area contributed by atoms with Crippen LogP contribution in [0.25, 0.3) is 0 Å². The van der Waals surface area contributed by atoms with E-state index in [1.54, 1.807) is 6.92 Å². The second-order valence-electron chi connectivity index (χ2n) is 4.94. The molecule has 9 heteroatoms. The number of carbonyl (C=O) groups excluding carboxylic acids is 3. The van der Waals surface area contributed by atoms with E-state index >= 15 is 0 Å². The van der Waals surface area contributed by atoms with Crippen LogP contribution in [0.4, 0.5) is 4.79 Å². The van der Waals surface area contributed by atoms with E-state index in [0.717, 1.165) is 12.8 Å². The first-order chi connectivity index (χ1) is 10.8. The van der Waals surface area contributed by atoms with Crippen LogP contribution < -0.4 is 10.6 Å². The molecule has 0 aliphatic heterocycles. The van der Waals surface area contributed by atoms with E-state index in [-0.39, 0.29) is 10.7 Å². The second-order valence-corrected chi connectivity index (χ2v) is 5.30. The van der Waals surface area contributed by atoms with Crippen LogP contribution in [0.3, 0.4) is 0 Å². The molecule has 1 aromatic heterocycles. The molecule has 1 atom stereocenters. The van der Waals surface area contributed by atoms with Gasteiger partial charge in [0.1, 0.15) is 10.7 Å². The van der Waals surface area contributed by atoms with Crippen molar-refractivity contribution >= 4 is 29.5 Å². The Hall–Kier alpha value is -2.09. The number of ether oxygens (including phenoxy) is 1. The number of imide groups is 1. The van der Waals surface area contributed by atoms with E-state index in [2.05, 4.69) is 10.4 Å². The van der Waals surface area contributed by atoms with Gasteiger partial charge in [0.2, 0.25) is 0 Å². The van der Waals surface area contributed by atoms with Crippen LogP contribution in [-0.2, 0) is 16.1 Å². The van der Waals surface area contributed by atoms with Crippen molar-refractivity contribution in [3.8, 4) is 0 Å². The van der Waals surface area contributed by atoms with E-state index in [4.69, 9.17) is 16.3 Å². The number of urea groups is 1. The summed E-state index contributed by atoms with van der Waals surface area (Å²) in [7, 11) is 1.37. The van der Waals surface area contributed by atoms with E-state index in [9.17, 15) is 14.4 Å². The van der Waals surface area contributed by atoms with Gasteiger partial charge in [0.25, 0.3) is 5.91 Å². The van der Waals surface area contributed by atoms with Crippen molar-refractivity contribution in [1.82, 2.24) is 20.4 Å². The summed E-state index contributed by atoms with van der Waals surface area (Å²) in [6.07, 6.45) is 0.695. The van der Waals surface area contributed by atoms with Gasteiger partial charge in [-0.05, 0) is 20.3 Å². The van der Waals surface area contributed by atoms with Crippen molar-refractivity contribution in [3.05, 3.63) is 16.4 Å². The summed E-state index contributed by atoms with van der Waals surface area (Å²) in [6, 6.07) is -0.681. The highest BCUT2D eigenvalue weighted by Gasteiger charge is 2.26. The first-order valence-corrected chi connectivity index (χ1v) is 7.66. The number of carbonyl (C=O) groups is 3. The lowest BCUT2D eigenvalue weighted by Gasteiger charge is -2.12. The lowest BCUT2D eigenvalue weighted by Crippen LogP contribution is -2.43. The van der Waals surface area contributed by atoms with Gasteiger partial charge in [-0.15, -0.1) is 0 Å². The summed E-state index contributed by atoms with van der Waals surface area (Å²) in [5, 5.41) is 8.64. The lowest BCUT2D eigenvalue weighted by molar-refractivity contribution is -0.127. The average Bonchev–Trinajstić information content (AvgIpc) is 2.78. The minimum atomic E-state index is -1.14. The van der Waals surface area contributed by atoms with Gasteiger partial charge in [-0.2, -0.15) is 5.10 Å². The van der Waals surface area contributed by atoms with E-state index in [1.807, 2.05) is 12.2 Å². The molecule has 0 saturated heterocycles. The smallest absolute Gasteiger partial charge is 0.343 e. The molecule has 0 aromatic carbocycles. The number of amides is 3. The lowest BCUT2D eigenvalue weighted by atomic mass is 10.2. The predicted octanol–water partition coefficient (Wildman–Crippen LogP) is 1.65. The van der Waals surface area contributed by atoms with Gasteiger partial charge in [0.15, 0.2) is 6.10 Å². The molecule has 0 unspecified atom stereocenters. The second kappa shape index (κ2) is 8.52. The van der Waals surface area contributed by atoms with E-state index in [1.165, 1.54) is 18.7 Å². The fraction of sp³-hybridized carbons (Fsp3) is 0.571. The molecular formula is C14H21ClN4O4. The molecule has 1 rings (SSSR count). The Labute approximate surface area is 139 Å². The van der Waals surface area contributed by atoms with Gasteiger partial charge in [-0.1, -0.05) is 24.9 Å². The fourth-order valence-corrected chi connectivity index (χ4v) is 2.13. The molecule has 0 aliphatic rings. The highest BCUT2D eigenvalue weighted by Crippen LogP contribution is 2.21. The Kier molecular flexibility index (Phi) is 7.02. The third-order valence-corrected chi connectivity index (χ3v) is 3.49. The monoisotopic (exact) mass is 344 g/mol. The quantitative estimate of drug-likeness (QED) is 0.764. The maximum absolute atomic E-state index is 12.2. The summed E-state index contributed by atoms with van der Waals surface area (Å²) in [5.41, 5.74) is 0.553. The van der Waals surface area contributed by atoms with Gasteiger partial charge < -0.3 is 10.1 Å². The molecule has 0 fully saturated rings. The van der Waals surface area contributed by atoms with E-state index in [0.29, 0.717) is 12.2 Å². The molecule has 0 radical (unpaired) electrons. The number of esters is 1. The van der Waals surface area contributed by atoms with Gasteiger partial charge in [-0.25, -0.2) is 9.59 Å². The van der Waals surface area contributed by atoms with Crippen molar-refractivity contribution in [1.29, 1.82) is 0 Å². The molecule has 0 saturated carbocycles. The van der Waals surface area contributed by atoms with Crippen LogP contribution >= 0.6 is 11.6 Å². The third kappa shape index (κ3) is 4.95. The third-order valence-electron chi connectivity index (χ3n) is 3.11. The van der Waals surface area contributed by atoms with Gasteiger partial charge >= 0.3 is 12.0 Å². The van der Waals surface area contributed by atoms with E-state index < -0.39 is 24.0 Å². The van der Waals surface area contributed by atoms with Gasteiger partial charge in [0, 0.05) is 13.6 Å². The van der Waals surface area contributed by atoms with Crippen molar-refractivity contribution in [3.63, 3.8) is 0 Å². The van der Waals surface area contributed by atoms with Crippen LogP contribution in [0.15, 0.2) is 0 Å². The molecule has 23 heavy (non-hydrogen) atoms. The molecule has 3 amide bonds. The number of hydrogen-bond donors (Lipinski definition) is 2. The van der Waals surface area contributed by atoms with Crippen LogP contribution in [0.1, 0.15) is 42.7 Å². The summed E-state index contributed by atoms with van der Waals surface area (Å²) in [4.78, 5) is 35.0. The molecule has 1 aromatic rings. The number of aryl methyl sites for hydroxylation is 2. The minimum Gasteiger partial charge on any atom is -0.449 e. The Morgan fingerprint density at radius 3 is 2.61 bits per heavy atom. The first-order valence-electron chi connectivity index (χ1n) is 7.28. The number of hydrogen-bond acceptors (Lipinski definition) is 5. The number of unbranched alkanes of at least 4 members (excludes halogenated alkanes) is 1. The molecular weight excluding hydrogens is 324 g/mol. The minimum absolute atomic E-state index is 0.127. The maximum atomic E-state index is 12.2. The zero-order valence-electron chi connectivity index (χ0n) is 13.6. The topological polar surface area (TPSA) is 102 Å². The molecule has 0 spiro atoms. The normalized spacial score (nSPS) is 11.7. The van der Waals surface area contributed by atoms with Crippen LogP contribution in [0.5, 0.6) is 0 Å². The van der Waals surface area contributed by atoms with Gasteiger partial charge in [-0.3, -0.25) is 14.8 Å². The van der Waals surface area contributed by atoms with Crippen molar-refractivity contribution in [2.75, 3.05) is 7.05 Å². The standard InChI is InChI=1S/C14H21ClN4O4/c1-5-6-7-19-11(15)10(8(2)18-19)13(21)23-9(3)12(20)17-14(22)16-4/h9H,5-7H2,1-4H3,(H2,16,17,20,22)/t9-/m0/s1. The first kappa shape index (κ1) is 19.0. The summed E-state index contributed by atoms with van der Waals surface area (Å²) in [6.45, 7) is 5.63. The molecule has 128 valence electrons. The summed E-state index contributed by atoms with van der Waals surface area (Å²) < 4.78 is 6.59. The number of nitrogens with zero attached hydrogens (tertiary/aromatic N) is 2. The number of halogens is 1. The number of aromatic nitrogens is 2. The largest absolute Gasteiger partial charge is 0.449 e. The highest BCUT2D eigenvalue weighted by molar-refractivity contribution is 6.32. The van der Waals surface area contributed by atoms with Crippen molar-refractivity contribution < 1.29 is 19.1 Å². The maximum Gasteiger partial charge on any atom is 0.343 e. The van der Waals surface area contributed by atoms with Crippen molar-refractivity contribution in [2.24, 2.45) is 0 Å². The number of nitrogens with one attached hydrogen (secondary N) is 2. The summed E-state index contributed by atoms with van der Waals surface area (Å²) in [5.74, 6) is -1.49. The average molecular weight is 345 g/mol. The Balaban J connectivity index is 2.80. The summed E-state index contributed by atoms with van der Waals surface area (Å²) >= 11 is 6.16. The van der Waals surface area contributed by atoms with Crippen LogP contribution in [0, 0.1) is 6.92 Å². The molecule has 8 nitrogen and oxygen atoms in total. The van der Waals surface area contributed by atoms with Gasteiger partial charge in [0.05, 0.1) is 5.69 Å². The highest BCUT2D eigenvalue weighted by atomic mass is 35.5. The fourth-order valence-electron chi connectivity index (χ4n) is 1.79. The predicted molar refractivity (Wildman–Crippen MR) is 84.4 cm³/mol. The van der Waals surface area contributed by atoms with Crippen LogP contribution in [0.2, 0.25) is 5.15 Å².